The molecule has 1 unspecified atom stereocenters. The molecule has 0 aromatic carbocycles. The number of likely N-dealkylation sites (N-methyl/N-ethyl adjacent to an activating group) is 1. The highest BCUT2D eigenvalue weighted by Crippen LogP contribution is 2.09. The van der Waals surface area contributed by atoms with Crippen molar-refractivity contribution in [2.45, 2.75) is 77.2 Å². The SMILES string of the molecule is C=CC=CCCCCCCCCCC.C[N+](C)(C)CC(O)CC(=O)[O-]. The molecular formula is C21H41NO3. The van der Waals surface area contributed by atoms with Crippen LogP contribution in [0.4, 0.5) is 0 Å². The fourth-order valence-electron chi connectivity index (χ4n) is 2.48. The summed E-state index contributed by atoms with van der Waals surface area (Å²) in [6.45, 7) is 6.34. The summed E-state index contributed by atoms with van der Waals surface area (Å²) in [6, 6.07) is 0. The van der Waals surface area contributed by atoms with Crippen LogP contribution in [0, 0.1) is 0 Å². The highest BCUT2D eigenvalue weighted by Gasteiger charge is 2.14. The van der Waals surface area contributed by atoms with E-state index in [0.29, 0.717) is 11.0 Å². The Bertz CT molecular complexity index is 346. The van der Waals surface area contributed by atoms with Crippen LogP contribution in [-0.2, 0) is 4.79 Å². The molecule has 0 heterocycles. The van der Waals surface area contributed by atoms with Crippen LogP contribution in [0.1, 0.15) is 71.1 Å². The first-order chi connectivity index (χ1) is 11.7. The predicted molar refractivity (Wildman–Crippen MR) is 105 cm³/mol. The molecule has 0 saturated heterocycles. The van der Waals surface area contributed by atoms with Gasteiger partial charge < -0.3 is 19.5 Å². The fourth-order valence-corrected chi connectivity index (χ4v) is 2.48. The minimum absolute atomic E-state index is 0.282. The molecule has 0 aromatic rings. The van der Waals surface area contributed by atoms with E-state index < -0.39 is 12.1 Å². The van der Waals surface area contributed by atoms with Gasteiger partial charge in [0, 0.05) is 12.4 Å². The number of carboxylic acid groups (broad SMARTS) is 1. The second kappa shape index (κ2) is 17.7. The number of nitrogens with zero attached hydrogens (tertiary/aromatic N) is 1. The van der Waals surface area contributed by atoms with Gasteiger partial charge in [0.25, 0.3) is 0 Å². The molecule has 0 spiro atoms. The largest absolute Gasteiger partial charge is 0.550 e. The van der Waals surface area contributed by atoms with E-state index in [0.717, 1.165) is 0 Å². The predicted octanol–water partition coefficient (Wildman–Crippen LogP) is 3.45. The lowest BCUT2D eigenvalue weighted by atomic mass is 10.1. The maximum absolute atomic E-state index is 10.0. The number of hydrogen-bond donors (Lipinski definition) is 1. The molecule has 0 bridgehead atoms. The van der Waals surface area contributed by atoms with Crippen LogP contribution >= 0.6 is 0 Å². The van der Waals surface area contributed by atoms with Crippen molar-refractivity contribution >= 4 is 5.97 Å². The van der Waals surface area contributed by atoms with E-state index >= 15 is 0 Å². The van der Waals surface area contributed by atoms with Gasteiger partial charge >= 0.3 is 0 Å². The molecule has 0 aliphatic heterocycles. The molecule has 4 nitrogen and oxygen atoms in total. The summed E-state index contributed by atoms with van der Waals surface area (Å²) in [5, 5.41) is 19.1. The normalized spacial score (nSPS) is 12.5. The van der Waals surface area contributed by atoms with Crippen molar-refractivity contribution in [3.63, 3.8) is 0 Å². The molecule has 0 fully saturated rings. The number of aliphatic hydroxyl groups excluding tert-OH is 1. The van der Waals surface area contributed by atoms with E-state index in [1.54, 1.807) is 0 Å². The lowest BCUT2D eigenvalue weighted by Crippen LogP contribution is -2.43. The van der Waals surface area contributed by atoms with Crippen molar-refractivity contribution in [2.75, 3.05) is 27.7 Å². The van der Waals surface area contributed by atoms with Gasteiger partial charge in [0.15, 0.2) is 0 Å². The topological polar surface area (TPSA) is 60.4 Å². The zero-order valence-corrected chi connectivity index (χ0v) is 17.0. The minimum Gasteiger partial charge on any atom is -0.550 e. The highest BCUT2D eigenvalue weighted by atomic mass is 16.4. The Morgan fingerprint density at radius 3 is 2.04 bits per heavy atom. The zero-order valence-electron chi connectivity index (χ0n) is 17.0. The second-order valence-electron chi connectivity index (χ2n) is 7.63. The molecule has 1 N–H and O–H groups in total. The van der Waals surface area contributed by atoms with Gasteiger partial charge in [-0.2, -0.15) is 0 Å². The number of carbonyl (C=O) groups is 1. The number of hydrogen-bond acceptors (Lipinski definition) is 3. The van der Waals surface area contributed by atoms with Crippen molar-refractivity contribution < 1.29 is 19.5 Å². The van der Waals surface area contributed by atoms with E-state index in [1.165, 1.54) is 57.8 Å². The first-order valence-corrected chi connectivity index (χ1v) is 9.68. The van der Waals surface area contributed by atoms with Crippen molar-refractivity contribution in [2.24, 2.45) is 0 Å². The van der Waals surface area contributed by atoms with Crippen LogP contribution in [-0.4, -0.2) is 49.4 Å². The lowest BCUT2D eigenvalue weighted by molar-refractivity contribution is -0.873. The van der Waals surface area contributed by atoms with E-state index in [4.69, 9.17) is 5.11 Å². The van der Waals surface area contributed by atoms with Crippen molar-refractivity contribution in [1.82, 2.24) is 0 Å². The summed E-state index contributed by atoms with van der Waals surface area (Å²) in [5.74, 6) is -1.20. The first kappa shape index (κ1) is 26.1. The number of quaternary nitrogens is 1. The van der Waals surface area contributed by atoms with Crippen molar-refractivity contribution in [3.8, 4) is 0 Å². The molecule has 0 radical (unpaired) electrons. The Labute approximate surface area is 155 Å². The van der Waals surface area contributed by atoms with Gasteiger partial charge in [-0.05, 0) is 12.8 Å². The number of unbranched alkanes of at least 4 members (excludes halogenated alkanes) is 8. The van der Waals surface area contributed by atoms with E-state index in [1.807, 2.05) is 33.3 Å². The van der Waals surface area contributed by atoms with Gasteiger partial charge in [-0.3, -0.25) is 0 Å². The summed E-state index contributed by atoms with van der Waals surface area (Å²) >= 11 is 0. The number of aliphatic hydroxyl groups is 1. The summed E-state index contributed by atoms with van der Waals surface area (Å²) in [7, 11) is 5.66. The third kappa shape index (κ3) is 28.0. The molecule has 25 heavy (non-hydrogen) atoms. The summed E-state index contributed by atoms with van der Waals surface area (Å²) in [5.41, 5.74) is 0. The molecule has 0 aromatic heterocycles. The van der Waals surface area contributed by atoms with Crippen molar-refractivity contribution in [1.29, 1.82) is 0 Å². The molecular weight excluding hydrogens is 314 g/mol. The number of rotatable bonds is 14. The van der Waals surface area contributed by atoms with Gasteiger partial charge in [-0.15, -0.1) is 0 Å². The van der Waals surface area contributed by atoms with Crippen LogP contribution < -0.4 is 5.11 Å². The van der Waals surface area contributed by atoms with Crippen LogP contribution in [0.2, 0.25) is 0 Å². The van der Waals surface area contributed by atoms with Crippen LogP contribution in [0.15, 0.2) is 24.8 Å². The Balaban J connectivity index is 0. The number of carbonyl (C=O) groups excluding carboxylic acids is 1. The van der Waals surface area contributed by atoms with Gasteiger partial charge in [0.2, 0.25) is 0 Å². The highest BCUT2D eigenvalue weighted by molar-refractivity contribution is 5.64. The molecule has 0 aliphatic rings. The molecule has 0 rings (SSSR count). The molecule has 4 heteroatoms. The molecule has 0 saturated carbocycles. The van der Waals surface area contributed by atoms with Gasteiger partial charge in [-0.1, -0.05) is 76.7 Å². The van der Waals surface area contributed by atoms with Gasteiger partial charge in [-0.25, -0.2) is 0 Å². The zero-order chi connectivity index (χ0) is 19.6. The van der Waals surface area contributed by atoms with E-state index in [2.05, 4.69) is 19.6 Å². The minimum atomic E-state index is -1.20. The second-order valence-corrected chi connectivity index (χ2v) is 7.63. The average molecular weight is 356 g/mol. The summed E-state index contributed by atoms with van der Waals surface area (Å²) in [6.07, 6.45) is 17.5. The van der Waals surface area contributed by atoms with Crippen LogP contribution in [0.5, 0.6) is 0 Å². The first-order valence-electron chi connectivity index (χ1n) is 9.68. The Hall–Kier alpha value is -1.13. The van der Waals surface area contributed by atoms with Crippen LogP contribution in [0.25, 0.3) is 0 Å². The monoisotopic (exact) mass is 355 g/mol. The fraction of sp³-hybridized carbons (Fsp3) is 0.762. The van der Waals surface area contributed by atoms with Crippen molar-refractivity contribution in [3.05, 3.63) is 24.8 Å². The Kier molecular flexibility index (Phi) is 18.5. The smallest absolute Gasteiger partial charge is 0.108 e. The number of carboxylic acids is 1. The van der Waals surface area contributed by atoms with E-state index in [-0.39, 0.29) is 6.42 Å². The molecule has 0 amide bonds. The van der Waals surface area contributed by atoms with E-state index in [9.17, 15) is 9.90 Å². The molecule has 148 valence electrons. The number of allylic oxidation sites excluding steroid dienone is 3. The number of aliphatic carboxylic acids is 1. The summed E-state index contributed by atoms with van der Waals surface area (Å²) < 4.78 is 0.550. The Morgan fingerprint density at radius 1 is 1.08 bits per heavy atom. The standard InChI is InChI=1S/C14H26.C7H15NO3/c1-3-5-7-9-11-13-14-12-10-8-6-4-2;1-8(2,3)5-6(9)4-7(10)11/h3,5,7H,1,4,6,8-14H2,2H3;6,9H,4-5H2,1-3H3. The third-order valence-corrected chi connectivity index (χ3v) is 3.66. The third-order valence-electron chi connectivity index (χ3n) is 3.66. The van der Waals surface area contributed by atoms with Crippen LogP contribution in [0.3, 0.4) is 0 Å². The van der Waals surface area contributed by atoms with Gasteiger partial charge in [0.05, 0.1) is 21.1 Å². The van der Waals surface area contributed by atoms with Gasteiger partial charge in [0.1, 0.15) is 12.6 Å². The lowest BCUT2D eigenvalue weighted by Gasteiger charge is -2.26. The maximum Gasteiger partial charge on any atom is 0.108 e. The average Bonchev–Trinajstić information content (AvgIpc) is 2.47. The molecule has 0 aliphatic carbocycles. The Morgan fingerprint density at radius 2 is 1.60 bits per heavy atom. The molecule has 1 atom stereocenters. The maximum atomic E-state index is 10.0. The quantitative estimate of drug-likeness (QED) is 0.295. The summed E-state index contributed by atoms with van der Waals surface area (Å²) in [4.78, 5) is 10.0.